The molecule has 9 heteroatoms. The lowest BCUT2D eigenvalue weighted by molar-refractivity contribution is 0.0698. The molecule has 0 amide bonds. The summed E-state index contributed by atoms with van der Waals surface area (Å²) in [4.78, 5) is 11.1. The monoisotopic (exact) mass is 393 g/mol. The molecule has 100 valence electrons. The summed E-state index contributed by atoms with van der Waals surface area (Å²) in [5, 5.41) is 14.8. The van der Waals surface area contributed by atoms with Crippen molar-refractivity contribution in [3.8, 4) is 0 Å². The topological polar surface area (TPSA) is 112 Å². The van der Waals surface area contributed by atoms with E-state index in [0.29, 0.717) is 3.57 Å². The van der Waals surface area contributed by atoms with Crippen LogP contribution in [0.3, 0.4) is 0 Å². The number of carbonyl (C=O) groups is 1. The summed E-state index contributed by atoms with van der Waals surface area (Å²) >= 11 is 1.95. The van der Waals surface area contributed by atoms with Crippen LogP contribution in [-0.4, -0.2) is 29.7 Å². The molecule has 1 aromatic heterocycles. The predicted octanol–water partition coefficient (Wildman–Crippen LogP) is 1.51. The van der Waals surface area contributed by atoms with Crippen LogP contribution in [0.15, 0.2) is 35.5 Å². The summed E-state index contributed by atoms with van der Waals surface area (Å²) in [6.45, 7) is 0. The Bertz CT molecular complexity index is 712. The molecule has 0 aliphatic carbocycles. The molecular weight excluding hydrogens is 385 g/mol. The average Bonchev–Trinajstić information content (AvgIpc) is 2.85. The van der Waals surface area contributed by atoms with Crippen LogP contribution in [0.5, 0.6) is 0 Å². The van der Waals surface area contributed by atoms with E-state index < -0.39 is 16.0 Å². The number of aromatic nitrogens is 2. The van der Waals surface area contributed by atoms with Crippen molar-refractivity contribution in [2.24, 2.45) is 0 Å². The zero-order chi connectivity index (χ0) is 14.0. The van der Waals surface area contributed by atoms with E-state index in [0.717, 1.165) is 0 Å². The maximum absolute atomic E-state index is 11.9. The summed E-state index contributed by atoms with van der Waals surface area (Å²) in [6, 6.07) is 5.67. The van der Waals surface area contributed by atoms with Crippen molar-refractivity contribution < 1.29 is 18.3 Å². The highest BCUT2D eigenvalue weighted by Crippen LogP contribution is 2.21. The Morgan fingerprint density at radius 2 is 2.11 bits per heavy atom. The van der Waals surface area contributed by atoms with Gasteiger partial charge in [-0.15, -0.1) is 0 Å². The highest BCUT2D eigenvalue weighted by molar-refractivity contribution is 14.1. The minimum atomic E-state index is -3.87. The Hall–Kier alpha value is -1.62. The average molecular weight is 393 g/mol. The number of aromatic carboxylic acids is 1. The minimum Gasteiger partial charge on any atom is -0.478 e. The van der Waals surface area contributed by atoms with Crippen LogP contribution >= 0.6 is 22.6 Å². The number of sulfonamides is 1. The third-order valence-corrected chi connectivity index (χ3v) is 4.19. The van der Waals surface area contributed by atoms with Crippen LogP contribution in [0, 0.1) is 3.57 Å². The van der Waals surface area contributed by atoms with Crippen molar-refractivity contribution in [2.45, 2.75) is 5.03 Å². The third-order valence-electron chi connectivity index (χ3n) is 2.22. The number of carboxylic acids is 1. The largest absolute Gasteiger partial charge is 0.478 e. The van der Waals surface area contributed by atoms with Crippen molar-refractivity contribution in [1.29, 1.82) is 0 Å². The van der Waals surface area contributed by atoms with Crippen molar-refractivity contribution in [2.75, 3.05) is 4.72 Å². The van der Waals surface area contributed by atoms with E-state index >= 15 is 0 Å². The number of benzene rings is 1. The minimum absolute atomic E-state index is 0.00233. The van der Waals surface area contributed by atoms with E-state index in [-0.39, 0.29) is 16.3 Å². The molecule has 0 spiro atoms. The molecular formula is C10H8IN3O4S. The van der Waals surface area contributed by atoms with E-state index in [9.17, 15) is 13.2 Å². The van der Waals surface area contributed by atoms with Crippen molar-refractivity contribution in [1.82, 2.24) is 10.2 Å². The van der Waals surface area contributed by atoms with Gasteiger partial charge in [0.2, 0.25) is 0 Å². The number of carboxylic acid groups (broad SMARTS) is 1. The van der Waals surface area contributed by atoms with Crippen LogP contribution in [-0.2, 0) is 10.0 Å². The molecule has 0 atom stereocenters. The number of rotatable bonds is 4. The van der Waals surface area contributed by atoms with Crippen LogP contribution in [0.2, 0.25) is 0 Å². The molecule has 3 N–H and O–H groups in total. The summed E-state index contributed by atoms with van der Waals surface area (Å²) in [5.74, 6) is -1.21. The molecule has 2 aromatic rings. The maximum Gasteiger partial charge on any atom is 0.337 e. The first kappa shape index (κ1) is 13.8. The molecule has 0 saturated carbocycles. The molecule has 2 rings (SSSR count). The van der Waals surface area contributed by atoms with Gasteiger partial charge in [-0.25, -0.2) is 4.79 Å². The summed E-state index contributed by atoms with van der Waals surface area (Å²) in [7, 11) is -3.87. The Morgan fingerprint density at radius 3 is 2.68 bits per heavy atom. The summed E-state index contributed by atoms with van der Waals surface area (Å²) in [6.07, 6.45) is 1.29. The number of nitrogens with zero attached hydrogens (tertiary/aromatic N) is 1. The lowest BCUT2D eigenvalue weighted by Crippen LogP contribution is -2.16. The molecule has 19 heavy (non-hydrogen) atoms. The molecule has 0 unspecified atom stereocenters. The van der Waals surface area contributed by atoms with E-state index in [1.54, 1.807) is 6.07 Å². The van der Waals surface area contributed by atoms with Crippen molar-refractivity contribution >= 4 is 44.3 Å². The third kappa shape index (κ3) is 3.04. The van der Waals surface area contributed by atoms with Gasteiger partial charge in [-0.3, -0.25) is 9.82 Å². The van der Waals surface area contributed by atoms with Gasteiger partial charge >= 0.3 is 5.97 Å². The second kappa shape index (κ2) is 5.17. The first-order chi connectivity index (χ1) is 8.90. The number of hydrogen-bond acceptors (Lipinski definition) is 4. The highest BCUT2D eigenvalue weighted by Gasteiger charge is 2.19. The van der Waals surface area contributed by atoms with E-state index in [4.69, 9.17) is 5.11 Å². The molecule has 0 saturated heterocycles. The molecule has 0 radical (unpaired) electrons. The van der Waals surface area contributed by atoms with E-state index in [2.05, 4.69) is 14.9 Å². The number of hydrogen-bond donors (Lipinski definition) is 3. The lowest BCUT2D eigenvalue weighted by Gasteiger charge is -2.09. The van der Waals surface area contributed by atoms with Gasteiger partial charge in [0.25, 0.3) is 10.0 Å². The molecule has 7 nitrogen and oxygen atoms in total. The van der Waals surface area contributed by atoms with Gasteiger partial charge in [0.15, 0.2) is 5.03 Å². The fourth-order valence-corrected chi connectivity index (χ4v) is 2.86. The van der Waals surface area contributed by atoms with Crippen molar-refractivity contribution in [3.05, 3.63) is 39.6 Å². The second-order valence-corrected chi connectivity index (χ2v) is 6.42. The van der Waals surface area contributed by atoms with E-state index in [1.807, 2.05) is 22.6 Å². The standard InChI is InChI=1S/C10H8IN3O4S/c11-6-1-2-8(7(5-6)10(15)16)14-19(17,18)9-3-4-12-13-9/h1-5,14H,(H,12,13)(H,15,16). The second-order valence-electron chi connectivity index (χ2n) is 3.52. The smallest absolute Gasteiger partial charge is 0.337 e. The normalized spacial score (nSPS) is 11.2. The lowest BCUT2D eigenvalue weighted by atomic mass is 10.2. The Morgan fingerprint density at radius 1 is 1.37 bits per heavy atom. The molecule has 1 aromatic carbocycles. The van der Waals surface area contributed by atoms with Gasteiger partial charge in [0.1, 0.15) is 0 Å². The molecule has 0 fully saturated rings. The number of aromatic amines is 1. The number of halogens is 1. The van der Waals surface area contributed by atoms with Crippen LogP contribution in [0.25, 0.3) is 0 Å². The van der Waals surface area contributed by atoms with Gasteiger partial charge in [-0.05, 0) is 46.9 Å². The van der Waals surface area contributed by atoms with Gasteiger partial charge in [0.05, 0.1) is 17.4 Å². The zero-order valence-corrected chi connectivity index (χ0v) is 12.3. The summed E-state index contributed by atoms with van der Waals surface area (Å²) in [5.41, 5.74) is -0.113. The van der Waals surface area contributed by atoms with E-state index in [1.165, 1.54) is 24.4 Å². The highest BCUT2D eigenvalue weighted by atomic mass is 127. The van der Waals surface area contributed by atoms with Crippen molar-refractivity contribution in [3.63, 3.8) is 0 Å². The summed E-state index contributed by atoms with van der Waals surface area (Å²) < 4.78 is 26.8. The fraction of sp³-hybridized carbons (Fsp3) is 0. The van der Waals surface area contributed by atoms with Crippen LogP contribution < -0.4 is 4.72 Å². The SMILES string of the molecule is O=C(O)c1cc(I)ccc1NS(=O)(=O)c1ccn[nH]1. The Balaban J connectivity index is 2.42. The number of anilines is 1. The van der Waals surface area contributed by atoms with Crippen LogP contribution in [0.1, 0.15) is 10.4 Å². The molecule has 0 aliphatic heterocycles. The fourth-order valence-electron chi connectivity index (χ4n) is 1.37. The van der Waals surface area contributed by atoms with Gasteiger partial charge in [-0.2, -0.15) is 13.5 Å². The zero-order valence-electron chi connectivity index (χ0n) is 9.29. The first-order valence-electron chi connectivity index (χ1n) is 4.95. The van der Waals surface area contributed by atoms with Gasteiger partial charge in [0, 0.05) is 3.57 Å². The first-order valence-corrected chi connectivity index (χ1v) is 7.51. The Kier molecular flexibility index (Phi) is 3.75. The Labute approximate surface area is 122 Å². The van der Waals surface area contributed by atoms with Crippen LogP contribution in [0.4, 0.5) is 5.69 Å². The van der Waals surface area contributed by atoms with Gasteiger partial charge in [-0.1, -0.05) is 0 Å². The predicted molar refractivity (Wildman–Crippen MR) is 75.5 cm³/mol. The molecule has 1 heterocycles. The molecule has 0 aliphatic rings. The maximum atomic E-state index is 11.9. The molecule has 0 bridgehead atoms. The number of H-pyrrole nitrogens is 1. The van der Waals surface area contributed by atoms with Gasteiger partial charge < -0.3 is 5.11 Å². The quantitative estimate of drug-likeness (QED) is 0.682. The number of nitrogens with one attached hydrogen (secondary N) is 2.